The summed E-state index contributed by atoms with van der Waals surface area (Å²) in [5, 5.41) is 2.21. The van der Waals surface area contributed by atoms with Gasteiger partial charge in [0.15, 0.2) is 0 Å². The van der Waals surface area contributed by atoms with Crippen molar-refractivity contribution in [3.63, 3.8) is 0 Å². The van der Waals surface area contributed by atoms with Crippen LogP contribution < -0.4 is 5.73 Å². The lowest BCUT2D eigenvalue weighted by Gasteiger charge is -2.12. The van der Waals surface area contributed by atoms with Crippen molar-refractivity contribution in [3.05, 3.63) is 102 Å². The normalized spacial score (nSPS) is 10.8. The van der Waals surface area contributed by atoms with E-state index in [4.69, 9.17) is 10.5 Å². The van der Waals surface area contributed by atoms with Crippen LogP contribution in [-0.4, -0.2) is 5.97 Å². The predicted molar refractivity (Wildman–Crippen MR) is 114 cm³/mol. The number of hydrogen-bond acceptors (Lipinski definition) is 3. The molecular weight excluding hydrogens is 346 g/mol. The third-order valence-corrected chi connectivity index (χ3v) is 4.85. The Hall–Kier alpha value is -3.59. The van der Waals surface area contributed by atoms with E-state index in [9.17, 15) is 4.79 Å². The first kappa shape index (κ1) is 17.8. The Morgan fingerprint density at radius 3 is 2.46 bits per heavy atom. The molecule has 0 spiro atoms. The van der Waals surface area contributed by atoms with Gasteiger partial charge in [0.05, 0.1) is 5.56 Å². The highest BCUT2D eigenvalue weighted by molar-refractivity contribution is 5.99. The molecule has 0 aromatic heterocycles. The number of fused-ring (bicyclic) bond motifs is 1. The Morgan fingerprint density at radius 1 is 0.893 bits per heavy atom. The first-order valence-electron chi connectivity index (χ1n) is 9.22. The van der Waals surface area contributed by atoms with Crippen LogP contribution >= 0.6 is 0 Å². The molecule has 28 heavy (non-hydrogen) atoms. The molecule has 0 amide bonds. The van der Waals surface area contributed by atoms with Crippen LogP contribution in [0.15, 0.2) is 84.9 Å². The van der Waals surface area contributed by atoms with E-state index in [1.54, 1.807) is 6.07 Å². The van der Waals surface area contributed by atoms with Crippen molar-refractivity contribution in [1.82, 2.24) is 0 Å². The number of carbonyl (C=O) groups is 1. The van der Waals surface area contributed by atoms with Gasteiger partial charge < -0.3 is 10.5 Å². The summed E-state index contributed by atoms with van der Waals surface area (Å²) in [6.45, 7) is 2.30. The molecule has 138 valence electrons. The highest BCUT2D eigenvalue weighted by Gasteiger charge is 2.14. The number of anilines is 1. The summed E-state index contributed by atoms with van der Waals surface area (Å²) in [5.41, 5.74) is 11.2. The largest absolute Gasteiger partial charge is 0.457 e. The number of aryl methyl sites for hydroxylation is 1. The van der Waals surface area contributed by atoms with Crippen molar-refractivity contribution >= 4 is 22.4 Å². The van der Waals surface area contributed by atoms with Crippen LogP contribution in [-0.2, 0) is 11.3 Å². The van der Waals surface area contributed by atoms with Crippen LogP contribution in [0.2, 0.25) is 0 Å². The monoisotopic (exact) mass is 367 g/mol. The van der Waals surface area contributed by atoms with Gasteiger partial charge in [0.25, 0.3) is 0 Å². The van der Waals surface area contributed by atoms with Gasteiger partial charge >= 0.3 is 5.97 Å². The molecule has 0 unspecified atom stereocenters. The Bertz CT molecular complexity index is 1150. The lowest BCUT2D eigenvalue weighted by atomic mass is 9.95. The second-order valence-electron chi connectivity index (χ2n) is 6.88. The van der Waals surface area contributed by atoms with Crippen LogP contribution in [0.25, 0.3) is 21.9 Å². The van der Waals surface area contributed by atoms with E-state index in [-0.39, 0.29) is 12.6 Å². The van der Waals surface area contributed by atoms with Gasteiger partial charge in [0, 0.05) is 5.69 Å². The smallest absolute Gasteiger partial charge is 0.339 e. The fourth-order valence-electron chi connectivity index (χ4n) is 3.47. The van der Waals surface area contributed by atoms with E-state index in [1.807, 2.05) is 73.7 Å². The van der Waals surface area contributed by atoms with Crippen LogP contribution in [0, 0.1) is 6.92 Å². The molecule has 4 rings (SSSR count). The van der Waals surface area contributed by atoms with Crippen LogP contribution in [0.5, 0.6) is 0 Å². The number of esters is 1. The predicted octanol–water partition coefficient (Wildman–Crippen LogP) is 5.75. The molecule has 0 aliphatic rings. The highest BCUT2D eigenvalue weighted by atomic mass is 16.5. The zero-order chi connectivity index (χ0) is 19.5. The van der Waals surface area contributed by atoms with Gasteiger partial charge in [-0.2, -0.15) is 0 Å². The van der Waals surface area contributed by atoms with E-state index in [0.29, 0.717) is 5.56 Å². The Morgan fingerprint density at radius 2 is 1.64 bits per heavy atom. The molecule has 0 heterocycles. The molecule has 3 nitrogen and oxygen atoms in total. The summed E-state index contributed by atoms with van der Waals surface area (Å²) in [6.07, 6.45) is 0. The average molecular weight is 367 g/mol. The second kappa shape index (κ2) is 7.57. The number of hydrogen-bond donors (Lipinski definition) is 1. The number of rotatable bonds is 4. The van der Waals surface area contributed by atoms with Gasteiger partial charge in [-0.3, -0.25) is 0 Å². The number of ether oxygens (including phenoxy) is 1. The SMILES string of the molecule is Cc1cc(N)cc2cc(-c3ccccc3C(=O)OCc3ccccc3)ccc12. The minimum Gasteiger partial charge on any atom is -0.457 e. The molecule has 0 radical (unpaired) electrons. The van der Waals surface area contributed by atoms with Crippen LogP contribution in [0.1, 0.15) is 21.5 Å². The molecule has 0 saturated carbocycles. The van der Waals surface area contributed by atoms with Gasteiger partial charge in [-0.25, -0.2) is 4.79 Å². The standard InChI is InChI=1S/C25H21NO2/c1-17-13-21(26)15-20-14-19(11-12-22(17)20)23-9-5-6-10-24(23)25(27)28-16-18-7-3-2-4-8-18/h2-15H,16,26H2,1H3. The van der Waals surface area contributed by atoms with Crippen LogP contribution in [0.4, 0.5) is 5.69 Å². The Labute approximate surface area is 164 Å². The van der Waals surface area contributed by atoms with E-state index >= 15 is 0 Å². The molecule has 0 saturated heterocycles. The van der Waals surface area contributed by atoms with Gasteiger partial charge in [-0.1, -0.05) is 60.7 Å². The van der Waals surface area contributed by atoms with Crippen LogP contribution in [0.3, 0.4) is 0 Å². The quantitative estimate of drug-likeness (QED) is 0.369. The first-order valence-corrected chi connectivity index (χ1v) is 9.22. The maximum Gasteiger partial charge on any atom is 0.339 e. The summed E-state index contributed by atoms with van der Waals surface area (Å²) in [4.78, 5) is 12.7. The van der Waals surface area contributed by atoms with E-state index in [0.717, 1.165) is 38.7 Å². The number of carbonyl (C=O) groups excluding carboxylic acids is 1. The van der Waals surface area contributed by atoms with E-state index in [1.165, 1.54) is 0 Å². The summed E-state index contributed by atoms with van der Waals surface area (Å²) >= 11 is 0. The van der Waals surface area contributed by atoms with Crippen molar-refractivity contribution in [1.29, 1.82) is 0 Å². The molecule has 4 aromatic carbocycles. The highest BCUT2D eigenvalue weighted by Crippen LogP contribution is 2.30. The minimum absolute atomic E-state index is 0.251. The first-order chi connectivity index (χ1) is 13.6. The number of benzene rings is 4. The molecule has 0 bridgehead atoms. The molecule has 0 aliphatic heterocycles. The summed E-state index contributed by atoms with van der Waals surface area (Å²) in [5.74, 6) is -0.330. The van der Waals surface area contributed by atoms with Gasteiger partial charge in [-0.05, 0) is 64.2 Å². The molecule has 0 atom stereocenters. The van der Waals surface area contributed by atoms with Gasteiger partial charge in [0.2, 0.25) is 0 Å². The maximum atomic E-state index is 12.7. The maximum absolute atomic E-state index is 12.7. The zero-order valence-electron chi connectivity index (χ0n) is 15.7. The van der Waals surface area contributed by atoms with Crippen molar-refractivity contribution in [2.45, 2.75) is 13.5 Å². The van der Waals surface area contributed by atoms with Crippen molar-refractivity contribution < 1.29 is 9.53 Å². The second-order valence-corrected chi connectivity index (χ2v) is 6.88. The zero-order valence-corrected chi connectivity index (χ0v) is 15.7. The topological polar surface area (TPSA) is 52.3 Å². The van der Waals surface area contributed by atoms with Gasteiger partial charge in [-0.15, -0.1) is 0 Å². The Balaban J connectivity index is 1.67. The fraction of sp³-hybridized carbons (Fsp3) is 0.0800. The number of nitrogens with two attached hydrogens (primary N) is 1. The molecule has 4 aromatic rings. The van der Waals surface area contributed by atoms with Crippen molar-refractivity contribution in [2.24, 2.45) is 0 Å². The average Bonchev–Trinajstić information content (AvgIpc) is 2.72. The van der Waals surface area contributed by atoms with Gasteiger partial charge in [0.1, 0.15) is 6.61 Å². The Kier molecular flexibility index (Phi) is 4.81. The van der Waals surface area contributed by atoms with E-state index in [2.05, 4.69) is 12.1 Å². The third-order valence-electron chi connectivity index (χ3n) is 4.85. The molecule has 0 fully saturated rings. The molecular formula is C25H21NO2. The van der Waals surface area contributed by atoms with Crippen molar-refractivity contribution in [3.8, 4) is 11.1 Å². The summed E-state index contributed by atoms with van der Waals surface area (Å²) in [6, 6.07) is 27.3. The lowest BCUT2D eigenvalue weighted by Crippen LogP contribution is -2.07. The summed E-state index contributed by atoms with van der Waals surface area (Å²) in [7, 11) is 0. The van der Waals surface area contributed by atoms with Crippen molar-refractivity contribution in [2.75, 3.05) is 5.73 Å². The lowest BCUT2D eigenvalue weighted by molar-refractivity contribution is 0.0473. The minimum atomic E-state index is -0.330. The number of nitrogen functional groups attached to an aromatic ring is 1. The molecule has 0 aliphatic carbocycles. The molecule has 2 N–H and O–H groups in total. The third kappa shape index (κ3) is 3.60. The fourth-order valence-corrected chi connectivity index (χ4v) is 3.47. The summed E-state index contributed by atoms with van der Waals surface area (Å²) < 4.78 is 5.54. The van der Waals surface area contributed by atoms with E-state index < -0.39 is 0 Å². The molecule has 3 heteroatoms.